The maximum Gasteiger partial charge on any atom is 0.0989 e. The monoisotopic (exact) mass is 200 g/mol. The minimum absolute atomic E-state index is 0.565. The summed E-state index contributed by atoms with van der Waals surface area (Å²) in [7, 11) is 0. The smallest absolute Gasteiger partial charge is 0.0989 e. The van der Waals surface area contributed by atoms with Gasteiger partial charge in [0.15, 0.2) is 0 Å². The normalized spacial score (nSPS) is 39.8. The highest BCUT2D eigenvalue weighted by atomic mass is 32.2. The van der Waals surface area contributed by atoms with Gasteiger partial charge in [0.05, 0.1) is 18.5 Å². The van der Waals surface area contributed by atoms with Gasteiger partial charge in [0.2, 0.25) is 0 Å². The Bertz CT molecular complexity index is 227. The van der Waals surface area contributed by atoms with Gasteiger partial charge >= 0.3 is 0 Å². The van der Waals surface area contributed by atoms with E-state index in [0.717, 1.165) is 37.2 Å². The maximum absolute atomic E-state index is 10.3. The molecule has 2 aliphatic rings. The van der Waals surface area contributed by atoms with E-state index < -0.39 is 5.60 Å². The highest BCUT2D eigenvalue weighted by Crippen LogP contribution is 2.41. The average Bonchev–Trinajstić information content (AvgIpc) is 2.49. The van der Waals surface area contributed by atoms with Gasteiger partial charge in [0, 0.05) is 11.0 Å². The second-order valence-electron chi connectivity index (χ2n) is 3.97. The molecule has 0 bridgehead atoms. The molecular formula is C10H16O2S. The van der Waals surface area contributed by atoms with Gasteiger partial charge in [0.25, 0.3) is 0 Å². The number of aliphatic hydroxyl groups is 1. The van der Waals surface area contributed by atoms with Gasteiger partial charge in [-0.3, -0.25) is 0 Å². The van der Waals surface area contributed by atoms with Crippen LogP contribution in [0.5, 0.6) is 0 Å². The quantitative estimate of drug-likeness (QED) is 0.701. The molecule has 2 atom stereocenters. The molecule has 2 heterocycles. The fourth-order valence-electron chi connectivity index (χ4n) is 2.00. The molecule has 2 aliphatic heterocycles. The first kappa shape index (κ1) is 9.41. The Balaban J connectivity index is 2.10. The Morgan fingerprint density at radius 3 is 3.08 bits per heavy atom. The number of ether oxygens (including phenoxy) is 1. The van der Waals surface area contributed by atoms with Crippen LogP contribution in [0.1, 0.15) is 26.2 Å². The summed E-state index contributed by atoms with van der Waals surface area (Å²) in [6.07, 6.45) is 4.71. The van der Waals surface area contributed by atoms with Gasteiger partial charge < -0.3 is 9.84 Å². The summed E-state index contributed by atoms with van der Waals surface area (Å²) in [6, 6.07) is 0. The lowest BCUT2D eigenvalue weighted by Gasteiger charge is -2.27. The van der Waals surface area contributed by atoms with Gasteiger partial charge in [-0.1, -0.05) is 6.92 Å². The second kappa shape index (κ2) is 3.54. The molecule has 0 spiro atoms. The Hall–Kier alpha value is -0.150. The van der Waals surface area contributed by atoms with Crippen molar-refractivity contribution in [1.29, 1.82) is 0 Å². The zero-order valence-corrected chi connectivity index (χ0v) is 8.77. The van der Waals surface area contributed by atoms with Crippen molar-refractivity contribution in [3.05, 3.63) is 11.8 Å². The summed E-state index contributed by atoms with van der Waals surface area (Å²) >= 11 is 1.85. The summed E-state index contributed by atoms with van der Waals surface area (Å²) in [4.78, 5) is 0. The van der Waals surface area contributed by atoms with Crippen LogP contribution in [-0.2, 0) is 4.74 Å². The van der Waals surface area contributed by atoms with Gasteiger partial charge in [-0.25, -0.2) is 0 Å². The molecule has 74 valence electrons. The van der Waals surface area contributed by atoms with Crippen molar-refractivity contribution in [3.8, 4) is 0 Å². The minimum atomic E-state index is -0.565. The Morgan fingerprint density at radius 2 is 2.54 bits per heavy atom. The first-order valence-electron chi connectivity index (χ1n) is 4.86. The van der Waals surface area contributed by atoms with Crippen LogP contribution in [0.25, 0.3) is 0 Å². The Kier molecular flexibility index (Phi) is 2.56. The van der Waals surface area contributed by atoms with E-state index in [2.05, 4.69) is 6.92 Å². The topological polar surface area (TPSA) is 29.5 Å². The molecule has 3 heteroatoms. The molecule has 1 N–H and O–H groups in total. The first-order valence-corrected chi connectivity index (χ1v) is 5.91. The van der Waals surface area contributed by atoms with Crippen LogP contribution in [0.15, 0.2) is 11.8 Å². The van der Waals surface area contributed by atoms with Crippen molar-refractivity contribution in [3.63, 3.8) is 0 Å². The largest absolute Gasteiger partial charge is 0.501 e. The van der Waals surface area contributed by atoms with E-state index in [4.69, 9.17) is 4.74 Å². The summed E-state index contributed by atoms with van der Waals surface area (Å²) in [6.45, 7) is 2.98. The molecule has 0 aromatic rings. The van der Waals surface area contributed by atoms with Crippen LogP contribution in [0, 0.1) is 0 Å². The lowest BCUT2D eigenvalue weighted by atomic mass is 9.88. The average molecular weight is 200 g/mol. The molecule has 1 saturated heterocycles. The standard InChI is InChI=1S/C10H16O2S/c1-8-5-10(11,7-13-8)9-3-2-4-12-6-9/h6,8,11H,2-5,7H2,1H3. The van der Waals surface area contributed by atoms with Gasteiger partial charge in [-0.2, -0.15) is 11.8 Å². The van der Waals surface area contributed by atoms with Crippen molar-refractivity contribution in [2.75, 3.05) is 12.4 Å². The van der Waals surface area contributed by atoms with Crippen LogP contribution in [0.3, 0.4) is 0 Å². The van der Waals surface area contributed by atoms with Crippen molar-refractivity contribution in [2.24, 2.45) is 0 Å². The third kappa shape index (κ3) is 1.86. The molecule has 13 heavy (non-hydrogen) atoms. The number of rotatable bonds is 1. The van der Waals surface area contributed by atoms with Crippen LogP contribution >= 0.6 is 11.8 Å². The van der Waals surface area contributed by atoms with E-state index in [1.165, 1.54) is 0 Å². The van der Waals surface area contributed by atoms with E-state index in [1.807, 2.05) is 11.8 Å². The molecule has 2 nitrogen and oxygen atoms in total. The maximum atomic E-state index is 10.3. The highest BCUT2D eigenvalue weighted by molar-refractivity contribution is 8.00. The molecule has 1 fully saturated rings. The van der Waals surface area contributed by atoms with E-state index in [0.29, 0.717) is 5.25 Å². The zero-order valence-electron chi connectivity index (χ0n) is 7.95. The lowest BCUT2D eigenvalue weighted by Crippen LogP contribution is -2.32. The van der Waals surface area contributed by atoms with Crippen molar-refractivity contribution in [1.82, 2.24) is 0 Å². The molecule has 0 aromatic carbocycles. The molecule has 0 aromatic heterocycles. The fraction of sp³-hybridized carbons (Fsp3) is 0.800. The van der Waals surface area contributed by atoms with Gasteiger partial charge in [0.1, 0.15) is 0 Å². The van der Waals surface area contributed by atoms with Crippen LogP contribution in [-0.4, -0.2) is 28.3 Å². The third-order valence-corrected chi connectivity index (χ3v) is 4.14. The van der Waals surface area contributed by atoms with Crippen molar-refractivity contribution >= 4 is 11.8 Å². The van der Waals surface area contributed by atoms with Gasteiger partial charge in [-0.05, 0) is 24.8 Å². The second-order valence-corrected chi connectivity index (χ2v) is 5.40. The van der Waals surface area contributed by atoms with E-state index in [-0.39, 0.29) is 0 Å². The lowest BCUT2D eigenvalue weighted by molar-refractivity contribution is 0.0836. The summed E-state index contributed by atoms with van der Waals surface area (Å²) in [5.41, 5.74) is 0.542. The molecule has 0 aliphatic carbocycles. The molecule has 2 unspecified atom stereocenters. The Labute approximate surface area is 83.4 Å². The summed E-state index contributed by atoms with van der Waals surface area (Å²) < 4.78 is 5.26. The molecular weight excluding hydrogens is 184 g/mol. The van der Waals surface area contributed by atoms with E-state index >= 15 is 0 Å². The van der Waals surface area contributed by atoms with Gasteiger partial charge in [-0.15, -0.1) is 0 Å². The predicted octanol–water partition coefficient (Wildman–Crippen LogP) is 1.94. The summed E-state index contributed by atoms with van der Waals surface area (Å²) in [5, 5.41) is 10.9. The number of thioether (sulfide) groups is 1. The zero-order chi connectivity index (χ0) is 9.31. The highest BCUT2D eigenvalue weighted by Gasteiger charge is 2.39. The van der Waals surface area contributed by atoms with E-state index in [9.17, 15) is 5.11 Å². The van der Waals surface area contributed by atoms with Crippen molar-refractivity contribution in [2.45, 2.75) is 37.0 Å². The molecule has 0 amide bonds. The molecule has 0 radical (unpaired) electrons. The van der Waals surface area contributed by atoms with Crippen molar-refractivity contribution < 1.29 is 9.84 Å². The van der Waals surface area contributed by atoms with Crippen LogP contribution in [0.4, 0.5) is 0 Å². The minimum Gasteiger partial charge on any atom is -0.501 e. The fourth-order valence-corrected chi connectivity index (χ4v) is 3.26. The molecule has 0 saturated carbocycles. The van der Waals surface area contributed by atoms with Crippen LogP contribution in [0.2, 0.25) is 0 Å². The SMILES string of the molecule is CC1CC(O)(C2=COCCC2)CS1. The number of hydrogen-bond donors (Lipinski definition) is 1. The predicted molar refractivity (Wildman–Crippen MR) is 54.8 cm³/mol. The number of hydrogen-bond acceptors (Lipinski definition) is 3. The molecule has 2 rings (SSSR count). The Morgan fingerprint density at radius 1 is 1.69 bits per heavy atom. The third-order valence-electron chi connectivity index (χ3n) is 2.76. The van der Waals surface area contributed by atoms with E-state index in [1.54, 1.807) is 6.26 Å². The van der Waals surface area contributed by atoms with Crippen LogP contribution < -0.4 is 0 Å². The summed E-state index contributed by atoms with van der Waals surface area (Å²) in [5.74, 6) is 0.837. The first-order chi connectivity index (χ1) is 6.21.